The number of para-hydroxylation sites is 1. The molecule has 1 atom stereocenters. The lowest BCUT2D eigenvalue weighted by atomic mass is 10.1. The number of likely N-dealkylation sites (tertiary alicyclic amines) is 1. The number of ether oxygens (including phenoxy) is 1. The maximum Gasteiger partial charge on any atom is 0.119 e. The second-order valence-corrected chi connectivity index (χ2v) is 5.61. The van der Waals surface area contributed by atoms with Gasteiger partial charge in [0.05, 0.1) is 0 Å². The van der Waals surface area contributed by atoms with Crippen LogP contribution in [-0.2, 0) is 0 Å². The first-order chi connectivity index (χ1) is 9.25. The van der Waals surface area contributed by atoms with Crippen LogP contribution >= 0.6 is 0 Å². The number of hydrogen-bond acceptors (Lipinski definition) is 3. The lowest BCUT2D eigenvalue weighted by Gasteiger charge is -2.20. The maximum atomic E-state index is 5.66. The third kappa shape index (κ3) is 4.84. The molecule has 1 unspecified atom stereocenters. The van der Waals surface area contributed by atoms with Crippen LogP contribution in [0.1, 0.15) is 20.3 Å². The number of nitrogens with one attached hydrogen (secondary N) is 1. The van der Waals surface area contributed by atoms with Crippen LogP contribution in [0.5, 0.6) is 5.75 Å². The van der Waals surface area contributed by atoms with Gasteiger partial charge in [0.1, 0.15) is 12.4 Å². The topological polar surface area (TPSA) is 24.5 Å². The number of rotatable bonds is 7. The molecule has 0 bridgehead atoms. The lowest BCUT2D eigenvalue weighted by molar-refractivity contribution is 0.261. The van der Waals surface area contributed by atoms with Crippen molar-refractivity contribution in [2.45, 2.75) is 26.3 Å². The van der Waals surface area contributed by atoms with E-state index >= 15 is 0 Å². The van der Waals surface area contributed by atoms with Crippen molar-refractivity contribution >= 4 is 0 Å². The zero-order valence-corrected chi connectivity index (χ0v) is 12.1. The first-order valence-corrected chi connectivity index (χ1v) is 7.38. The van der Waals surface area contributed by atoms with Crippen molar-refractivity contribution in [1.29, 1.82) is 0 Å². The van der Waals surface area contributed by atoms with Crippen LogP contribution in [-0.4, -0.2) is 43.7 Å². The first kappa shape index (κ1) is 14.4. The van der Waals surface area contributed by atoms with E-state index in [2.05, 4.69) is 24.1 Å². The van der Waals surface area contributed by atoms with E-state index in [1.165, 1.54) is 19.5 Å². The first-order valence-electron chi connectivity index (χ1n) is 7.38. The highest BCUT2D eigenvalue weighted by Gasteiger charge is 2.23. The Morgan fingerprint density at radius 1 is 1.32 bits per heavy atom. The molecule has 3 nitrogen and oxygen atoms in total. The van der Waals surface area contributed by atoms with Crippen molar-refractivity contribution in [3.8, 4) is 5.75 Å². The summed E-state index contributed by atoms with van der Waals surface area (Å²) in [4.78, 5) is 2.56. The highest BCUT2D eigenvalue weighted by Crippen LogP contribution is 2.17. The minimum Gasteiger partial charge on any atom is -0.492 e. The highest BCUT2D eigenvalue weighted by molar-refractivity contribution is 5.20. The number of benzene rings is 1. The molecular formula is C16H26N2O. The molecule has 1 saturated heterocycles. The predicted molar refractivity (Wildman–Crippen MR) is 79.6 cm³/mol. The van der Waals surface area contributed by atoms with Crippen LogP contribution in [0.2, 0.25) is 0 Å². The Bertz CT molecular complexity index is 353. The summed E-state index contributed by atoms with van der Waals surface area (Å²) in [6.07, 6.45) is 1.32. The van der Waals surface area contributed by atoms with E-state index in [4.69, 9.17) is 4.74 Å². The fraction of sp³-hybridized carbons (Fsp3) is 0.625. The van der Waals surface area contributed by atoms with Crippen molar-refractivity contribution in [3.05, 3.63) is 30.3 Å². The van der Waals surface area contributed by atoms with Gasteiger partial charge >= 0.3 is 0 Å². The van der Waals surface area contributed by atoms with Gasteiger partial charge in [-0.05, 0) is 51.4 Å². The number of nitrogens with zero attached hydrogens (tertiary/aromatic N) is 1. The Morgan fingerprint density at radius 3 is 2.79 bits per heavy atom. The zero-order chi connectivity index (χ0) is 13.5. The van der Waals surface area contributed by atoms with E-state index in [1.54, 1.807) is 0 Å². The van der Waals surface area contributed by atoms with Crippen LogP contribution in [0.15, 0.2) is 30.3 Å². The van der Waals surface area contributed by atoms with Gasteiger partial charge in [-0.25, -0.2) is 0 Å². The van der Waals surface area contributed by atoms with Crippen LogP contribution in [0.3, 0.4) is 0 Å². The molecule has 1 aromatic rings. The van der Waals surface area contributed by atoms with Gasteiger partial charge in [-0.3, -0.25) is 0 Å². The molecule has 3 heteroatoms. The van der Waals surface area contributed by atoms with Gasteiger partial charge in [-0.15, -0.1) is 0 Å². The van der Waals surface area contributed by atoms with Gasteiger partial charge in [0.2, 0.25) is 0 Å². The van der Waals surface area contributed by atoms with Gasteiger partial charge < -0.3 is 15.0 Å². The van der Waals surface area contributed by atoms with Gasteiger partial charge in [0, 0.05) is 19.1 Å². The molecule has 0 spiro atoms. The van der Waals surface area contributed by atoms with Crippen molar-refractivity contribution in [2.24, 2.45) is 5.92 Å². The standard InChI is InChI=1S/C16H26N2O/c1-14(2)18-10-8-15(13-18)12-17-9-11-19-16-6-4-3-5-7-16/h3-7,14-15,17H,8-13H2,1-2H3. The summed E-state index contributed by atoms with van der Waals surface area (Å²) in [7, 11) is 0. The molecule has 19 heavy (non-hydrogen) atoms. The van der Waals surface area contributed by atoms with Crippen LogP contribution in [0.4, 0.5) is 0 Å². The van der Waals surface area contributed by atoms with Crippen molar-refractivity contribution < 1.29 is 4.74 Å². The Hall–Kier alpha value is -1.06. The average molecular weight is 262 g/mol. The Labute approximate surface area is 116 Å². The van der Waals surface area contributed by atoms with E-state index in [-0.39, 0.29) is 0 Å². The van der Waals surface area contributed by atoms with Crippen LogP contribution in [0.25, 0.3) is 0 Å². The lowest BCUT2D eigenvalue weighted by Crippen LogP contribution is -2.31. The molecule has 1 aliphatic rings. The minimum atomic E-state index is 0.686. The average Bonchev–Trinajstić information content (AvgIpc) is 2.89. The van der Waals surface area contributed by atoms with E-state index < -0.39 is 0 Å². The summed E-state index contributed by atoms with van der Waals surface area (Å²) in [5.74, 6) is 1.76. The molecule has 0 saturated carbocycles. The third-order valence-corrected chi connectivity index (χ3v) is 3.77. The van der Waals surface area contributed by atoms with E-state index in [9.17, 15) is 0 Å². The SMILES string of the molecule is CC(C)N1CCC(CNCCOc2ccccc2)C1. The Balaban J connectivity index is 1.53. The molecular weight excluding hydrogens is 236 g/mol. The third-order valence-electron chi connectivity index (χ3n) is 3.77. The van der Waals surface area contributed by atoms with Crippen molar-refractivity contribution in [2.75, 3.05) is 32.8 Å². The molecule has 1 heterocycles. The molecule has 106 valence electrons. The van der Waals surface area contributed by atoms with Gasteiger partial charge in [-0.2, -0.15) is 0 Å². The van der Waals surface area contributed by atoms with Gasteiger partial charge in [-0.1, -0.05) is 18.2 Å². The summed E-state index contributed by atoms with van der Waals surface area (Å²) in [6.45, 7) is 9.83. The van der Waals surface area contributed by atoms with Gasteiger partial charge in [0.25, 0.3) is 0 Å². The van der Waals surface area contributed by atoms with Crippen LogP contribution < -0.4 is 10.1 Å². The highest BCUT2D eigenvalue weighted by atomic mass is 16.5. The molecule has 1 aromatic carbocycles. The zero-order valence-electron chi connectivity index (χ0n) is 12.1. The summed E-state index contributed by atoms with van der Waals surface area (Å²) in [6, 6.07) is 10.7. The van der Waals surface area contributed by atoms with Crippen LogP contribution in [0, 0.1) is 5.92 Å². The molecule has 1 N–H and O–H groups in total. The molecule has 2 rings (SSSR count). The minimum absolute atomic E-state index is 0.686. The second kappa shape index (κ2) is 7.51. The normalized spacial score (nSPS) is 20.1. The predicted octanol–water partition coefficient (Wildman–Crippen LogP) is 2.39. The molecule has 1 aliphatic heterocycles. The van der Waals surface area contributed by atoms with E-state index in [0.717, 1.165) is 31.4 Å². The molecule has 0 radical (unpaired) electrons. The summed E-state index contributed by atoms with van der Waals surface area (Å²) < 4.78 is 5.66. The Kier molecular flexibility index (Phi) is 5.67. The molecule has 0 aliphatic carbocycles. The fourth-order valence-corrected chi connectivity index (χ4v) is 2.56. The Morgan fingerprint density at radius 2 is 2.11 bits per heavy atom. The summed E-state index contributed by atoms with van der Waals surface area (Å²) in [5, 5.41) is 3.51. The maximum absolute atomic E-state index is 5.66. The largest absolute Gasteiger partial charge is 0.492 e. The monoisotopic (exact) mass is 262 g/mol. The van der Waals surface area contributed by atoms with Crippen molar-refractivity contribution in [1.82, 2.24) is 10.2 Å². The van der Waals surface area contributed by atoms with Gasteiger partial charge in [0.15, 0.2) is 0 Å². The van der Waals surface area contributed by atoms with E-state index in [1.807, 2.05) is 30.3 Å². The number of hydrogen-bond donors (Lipinski definition) is 1. The molecule has 1 fully saturated rings. The van der Waals surface area contributed by atoms with E-state index in [0.29, 0.717) is 6.04 Å². The molecule has 0 aromatic heterocycles. The summed E-state index contributed by atoms with van der Waals surface area (Å²) >= 11 is 0. The second-order valence-electron chi connectivity index (χ2n) is 5.61. The summed E-state index contributed by atoms with van der Waals surface area (Å²) in [5.41, 5.74) is 0. The van der Waals surface area contributed by atoms with Crippen molar-refractivity contribution in [3.63, 3.8) is 0 Å². The quantitative estimate of drug-likeness (QED) is 0.764. The smallest absolute Gasteiger partial charge is 0.119 e. The molecule has 0 amide bonds. The fourth-order valence-electron chi connectivity index (χ4n) is 2.56.